The van der Waals surface area contributed by atoms with Gasteiger partial charge in [0, 0.05) is 38.9 Å². The Hall–Kier alpha value is -2.00. The largest absolute Gasteiger partial charge is 0.379 e. The molecule has 168 valence electrons. The Kier molecular flexibility index (Phi) is 8.43. The van der Waals surface area contributed by atoms with Crippen molar-refractivity contribution in [1.82, 2.24) is 19.7 Å². The molecule has 9 heteroatoms. The number of aryl methyl sites for hydroxylation is 2. The van der Waals surface area contributed by atoms with E-state index in [4.69, 9.17) is 9.72 Å². The quantitative estimate of drug-likeness (QED) is 0.507. The minimum absolute atomic E-state index is 0. The number of morpholine rings is 1. The van der Waals surface area contributed by atoms with Crippen molar-refractivity contribution in [2.45, 2.75) is 33.2 Å². The van der Waals surface area contributed by atoms with Crippen LogP contribution in [0.4, 0.5) is 5.13 Å². The summed E-state index contributed by atoms with van der Waals surface area (Å²) in [5.74, 6) is -0.0821. The number of carbonyl (C=O) groups excluding carboxylic acids is 1. The molecular weight excluding hydrogens is 434 g/mol. The zero-order valence-corrected chi connectivity index (χ0v) is 19.8. The van der Waals surface area contributed by atoms with Crippen LogP contribution in [0.1, 0.15) is 36.3 Å². The van der Waals surface area contributed by atoms with E-state index in [-0.39, 0.29) is 18.3 Å². The lowest BCUT2D eigenvalue weighted by molar-refractivity contribution is 0.0376. The molecule has 1 fully saturated rings. The van der Waals surface area contributed by atoms with E-state index in [0.717, 1.165) is 67.6 Å². The Morgan fingerprint density at radius 1 is 1.23 bits per heavy atom. The molecule has 1 amide bonds. The highest BCUT2D eigenvalue weighted by Crippen LogP contribution is 2.32. The molecule has 1 aliphatic heterocycles. The van der Waals surface area contributed by atoms with Gasteiger partial charge in [-0.25, -0.2) is 4.98 Å². The highest BCUT2D eigenvalue weighted by Gasteiger charge is 2.24. The van der Waals surface area contributed by atoms with Crippen LogP contribution in [0.25, 0.3) is 10.2 Å². The number of amides is 1. The molecule has 0 atom stereocenters. The van der Waals surface area contributed by atoms with Gasteiger partial charge in [-0.15, -0.1) is 12.4 Å². The van der Waals surface area contributed by atoms with Gasteiger partial charge in [0.2, 0.25) is 0 Å². The first-order chi connectivity index (χ1) is 14.7. The summed E-state index contributed by atoms with van der Waals surface area (Å²) in [4.78, 5) is 22.5. The molecule has 0 aliphatic carbocycles. The normalized spacial score (nSPS) is 14.5. The van der Waals surface area contributed by atoms with Crippen LogP contribution < -0.4 is 4.90 Å². The zero-order valence-electron chi connectivity index (χ0n) is 18.1. The van der Waals surface area contributed by atoms with E-state index in [1.807, 2.05) is 18.0 Å². The molecule has 3 heterocycles. The lowest BCUT2D eigenvalue weighted by Gasteiger charge is -2.27. The number of rotatable bonds is 8. The molecule has 0 bridgehead atoms. The van der Waals surface area contributed by atoms with Gasteiger partial charge in [-0.3, -0.25) is 19.3 Å². The number of carbonyl (C=O) groups is 1. The summed E-state index contributed by atoms with van der Waals surface area (Å²) in [6.07, 6.45) is 3.66. The summed E-state index contributed by atoms with van der Waals surface area (Å²) in [7, 11) is 0. The lowest BCUT2D eigenvalue weighted by atomic mass is 10.1. The molecule has 4 rings (SSSR count). The predicted octanol–water partition coefficient (Wildman–Crippen LogP) is 3.87. The van der Waals surface area contributed by atoms with Crippen LogP contribution in [0.15, 0.2) is 30.5 Å². The number of ether oxygens (including phenoxy) is 1. The van der Waals surface area contributed by atoms with Gasteiger partial charge >= 0.3 is 0 Å². The van der Waals surface area contributed by atoms with Crippen LogP contribution in [-0.2, 0) is 17.7 Å². The average molecular weight is 464 g/mol. The van der Waals surface area contributed by atoms with Gasteiger partial charge in [-0.05, 0) is 37.5 Å². The first kappa shape index (κ1) is 23.7. The maximum Gasteiger partial charge on any atom is 0.280 e. The van der Waals surface area contributed by atoms with E-state index in [2.05, 4.69) is 35.1 Å². The Morgan fingerprint density at radius 3 is 2.74 bits per heavy atom. The third-order valence-electron chi connectivity index (χ3n) is 5.49. The fourth-order valence-electron chi connectivity index (χ4n) is 3.75. The summed E-state index contributed by atoms with van der Waals surface area (Å²) in [6.45, 7) is 9.94. The molecule has 0 saturated carbocycles. The summed E-state index contributed by atoms with van der Waals surface area (Å²) in [5, 5.41) is 5.19. The smallest absolute Gasteiger partial charge is 0.280 e. The van der Waals surface area contributed by atoms with E-state index in [9.17, 15) is 4.79 Å². The molecule has 0 radical (unpaired) electrons. The fourth-order valence-corrected chi connectivity index (χ4v) is 4.78. The molecule has 1 aliphatic rings. The van der Waals surface area contributed by atoms with Crippen molar-refractivity contribution in [2.75, 3.05) is 44.3 Å². The van der Waals surface area contributed by atoms with Crippen LogP contribution in [0.2, 0.25) is 0 Å². The van der Waals surface area contributed by atoms with Crippen LogP contribution in [0.3, 0.4) is 0 Å². The predicted molar refractivity (Wildman–Crippen MR) is 128 cm³/mol. The number of aromatic nitrogens is 3. The van der Waals surface area contributed by atoms with E-state index < -0.39 is 0 Å². The van der Waals surface area contributed by atoms with Crippen molar-refractivity contribution in [3.05, 3.63) is 41.7 Å². The topological polar surface area (TPSA) is 63.5 Å². The number of anilines is 1. The fraction of sp³-hybridized carbons (Fsp3) is 0.500. The molecular formula is C22H30ClN5O2S. The average Bonchev–Trinajstić information content (AvgIpc) is 3.44. The first-order valence-corrected chi connectivity index (χ1v) is 11.5. The third-order valence-corrected chi connectivity index (χ3v) is 6.54. The van der Waals surface area contributed by atoms with Crippen molar-refractivity contribution in [1.29, 1.82) is 0 Å². The van der Waals surface area contributed by atoms with Gasteiger partial charge in [0.1, 0.15) is 0 Å². The third kappa shape index (κ3) is 5.44. The van der Waals surface area contributed by atoms with Gasteiger partial charge in [0.25, 0.3) is 5.91 Å². The van der Waals surface area contributed by atoms with Gasteiger partial charge < -0.3 is 4.74 Å². The molecule has 0 N–H and O–H groups in total. The number of halogens is 1. The van der Waals surface area contributed by atoms with Crippen molar-refractivity contribution < 1.29 is 9.53 Å². The number of nitrogens with zero attached hydrogens (tertiary/aromatic N) is 5. The molecule has 2 aromatic heterocycles. The van der Waals surface area contributed by atoms with Crippen LogP contribution in [0.5, 0.6) is 0 Å². The maximum absolute atomic E-state index is 13.4. The van der Waals surface area contributed by atoms with Gasteiger partial charge in [-0.1, -0.05) is 30.4 Å². The van der Waals surface area contributed by atoms with E-state index >= 15 is 0 Å². The summed E-state index contributed by atoms with van der Waals surface area (Å²) in [5.41, 5.74) is 2.69. The molecule has 31 heavy (non-hydrogen) atoms. The van der Waals surface area contributed by atoms with E-state index in [1.165, 1.54) is 5.56 Å². The first-order valence-electron chi connectivity index (χ1n) is 10.7. The minimum Gasteiger partial charge on any atom is -0.379 e. The maximum atomic E-state index is 13.4. The van der Waals surface area contributed by atoms with Crippen molar-refractivity contribution in [3.63, 3.8) is 0 Å². The minimum atomic E-state index is -0.0821. The number of hydrogen-bond acceptors (Lipinski definition) is 6. The van der Waals surface area contributed by atoms with Gasteiger partial charge in [0.05, 0.1) is 23.4 Å². The Balaban J connectivity index is 0.00000272. The van der Waals surface area contributed by atoms with Gasteiger partial charge in [0.15, 0.2) is 10.8 Å². The Morgan fingerprint density at radius 2 is 2.03 bits per heavy atom. The standard InChI is InChI=1S/C22H29N5O2S.ClH/c1-3-17-7-5-8-19-20(17)23-22(30-19)27(11-6-10-25-13-15-29-16-14-25)21(28)18-9-12-26(4-2)24-18;/h5,7-9,12H,3-4,6,10-11,13-16H2,1-2H3;1H. The van der Waals surface area contributed by atoms with Crippen LogP contribution in [0, 0.1) is 0 Å². The van der Waals surface area contributed by atoms with Crippen molar-refractivity contribution in [2.24, 2.45) is 0 Å². The Labute approximate surface area is 193 Å². The second-order valence-corrected chi connectivity index (χ2v) is 8.44. The SMILES string of the molecule is CCc1cccc2sc(N(CCCN3CCOCC3)C(=O)c3ccn(CC)n3)nc12.Cl. The Bertz CT molecular complexity index is 999. The molecule has 0 unspecified atom stereocenters. The molecule has 0 spiro atoms. The highest BCUT2D eigenvalue weighted by molar-refractivity contribution is 7.22. The summed E-state index contributed by atoms with van der Waals surface area (Å²) < 4.78 is 8.34. The number of fused-ring (bicyclic) bond motifs is 1. The number of benzene rings is 1. The van der Waals surface area contributed by atoms with Gasteiger partial charge in [-0.2, -0.15) is 5.10 Å². The summed E-state index contributed by atoms with van der Waals surface area (Å²) >= 11 is 1.58. The summed E-state index contributed by atoms with van der Waals surface area (Å²) in [6, 6.07) is 8.05. The number of para-hydroxylation sites is 1. The van der Waals surface area contributed by atoms with E-state index in [1.54, 1.807) is 22.1 Å². The molecule has 3 aromatic rings. The number of thiazole rings is 1. The van der Waals surface area contributed by atoms with Crippen LogP contribution >= 0.6 is 23.7 Å². The lowest BCUT2D eigenvalue weighted by Crippen LogP contribution is -2.39. The van der Waals surface area contributed by atoms with Crippen LogP contribution in [-0.4, -0.2) is 65.0 Å². The van der Waals surface area contributed by atoms with Crippen molar-refractivity contribution in [3.8, 4) is 0 Å². The zero-order chi connectivity index (χ0) is 20.9. The molecule has 7 nitrogen and oxygen atoms in total. The van der Waals surface area contributed by atoms with Crippen molar-refractivity contribution >= 4 is 45.0 Å². The molecule has 1 aromatic carbocycles. The highest BCUT2D eigenvalue weighted by atomic mass is 35.5. The molecule has 1 saturated heterocycles. The monoisotopic (exact) mass is 463 g/mol. The van der Waals surface area contributed by atoms with E-state index in [0.29, 0.717) is 12.2 Å². The second-order valence-electron chi connectivity index (χ2n) is 7.43. The second kappa shape index (κ2) is 11.0. The number of hydrogen-bond donors (Lipinski definition) is 0.